The van der Waals surface area contributed by atoms with Gasteiger partial charge in [0.2, 0.25) is 0 Å². The third-order valence-corrected chi connectivity index (χ3v) is 5.19. The van der Waals surface area contributed by atoms with Gasteiger partial charge in [-0.3, -0.25) is 0 Å². The van der Waals surface area contributed by atoms with E-state index in [9.17, 15) is 4.79 Å². The van der Waals surface area contributed by atoms with E-state index in [0.717, 1.165) is 35.5 Å². The summed E-state index contributed by atoms with van der Waals surface area (Å²) in [6.07, 6.45) is 2.40. The van der Waals surface area contributed by atoms with E-state index in [-0.39, 0.29) is 6.09 Å². The van der Waals surface area contributed by atoms with Crippen LogP contribution in [-0.4, -0.2) is 52.7 Å². The molecule has 3 heterocycles. The van der Waals surface area contributed by atoms with Crippen LogP contribution in [0.1, 0.15) is 32.6 Å². The van der Waals surface area contributed by atoms with E-state index in [0.29, 0.717) is 13.1 Å². The molecule has 1 amide bonds. The van der Waals surface area contributed by atoms with Gasteiger partial charge in [0.25, 0.3) is 0 Å². The first kappa shape index (κ1) is 17.0. The molecular formula is C17H24N4O2S. The maximum absolute atomic E-state index is 12.2. The Hall–Kier alpha value is -1.89. The van der Waals surface area contributed by atoms with Gasteiger partial charge >= 0.3 is 6.09 Å². The van der Waals surface area contributed by atoms with Gasteiger partial charge in [0.05, 0.1) is 10.2 Å². The van der Waals surface area contributed by atoms with Crippen LogP contribution in [-0.2, 0) is 11.2 Å². The van der Waals surface area contributed by atoms with E-state index >= 15 is 0 Å². The van der Waals surface area contributed by atoms with Crippen molar-refractivity contribution >= 4 is 33.5 Å². The van der Waals surface area contributed by atoms with Crippen molar-refractivity contribution < 1.29 is 9.53 Å². The predicted octanol–water partition coefficient (Wildman–Crippen LogP) is 3.31. The Balaban J connectivity index is 1.71. The van der Waals surface area contributed by atoms with E-state index in [1.54, 1.807) is 22.6 Å². The SMILES string of the molecule is CCc1cc2ncnc(N3CCN(C(=O)OC(C)(C)C)CC3)c2s1. The molecule has 1 fully saturated rings. The van der Waals surface area contributed by atoms with E-state index < -0.39 is 5.60 Å². The minimum atomic E-state index is -0.458. The molecule has 0 aliphatic carbocycles. The number of amides is 1. The fourth-order valence-electron chi connectivity index (χ4n) is 2.72. The summed E-state index contributed by atoms with van der Waals surface area (Å²) >= 11 is 1.76. The number of nitrogens with zero attached hydrogens (tertiary/aromatic N) is 4. The van der Waals surface area contributed by atoms with Crippen LogP contribution in [0.2, 0.25) is 0 Å². The summed E-state index contributed by atoms with van der Waals surface area (Å²) in [6, 6.07) is 2.14. The highest BCUT2D eigenvalue weighted by Gasteiger charge is 2.27. The van der Waals surface area contributed by atoms with Crippen LogP contribution in [0.4, 0.5) is 10.6 Å². The first-order chi connectivity index (χ1) is 11.4. The molecule has 0 radical (unpaired) electrons. The molecule has 7 heteroatoms. The van der Waals surface area contributed by atoms with Crippen molar-refractivity contribution in [3.8, 4) is 0 Å². The molecule has 3 rings (SSSR count). The summed E-state index contributed by atoms with van der Waals surface area (Å²) in [5.74, 6) is 0.980. The highest BCUT2D eigenvalue weighted by Crippen LogP contribution is 2.32. The second-order valence-electron chi connectivity index (χ2n) is 6.93. The minimum Gasteiger partial charge on any atom is -0.444 e. The number of hydrogen-bond acceptors (Lipinski definition) is 6. The quantitative estimate of drug-likeness (QED) is 0.833. The molecule has 2 aromatic rings. The van der Waals surface area contributed by atoms with Gasteiger partial charge in [-0.1, -0.05) is 6.92 Å². The Labute approximate surface area is 146 Å². The van der Waals surface area contributed by atoms with Crippen molar-refractivity contribution in [2.24, 2.45) is 0 Å². The number of thiophene rings is 1. The van der Waals surface area contributed by atoms with Crippen molar-refractivity contribution in [3.05, 3.63) is 17.3 Å². The second kappa shape index (κ2) is 6.55. The van der Waals surface area contributed by atoms with Crippen molar-refractivity contribution in [1.82, 2.24) is 14.9 Å². The Bertz CT molecular complexity index is 730. The first-order valence-electron chi connectivity index (χ1n) is 8.33. The summed E-state index contributed by atoms with van der Waals surface area (Å²) in [6.45, 7) is 10.6. The average Bonchev–Trinajstić information content (AvgIpc) is 2.96. The van der Waals surface area contributed by atoms with Crippen LogP contribution in [0.25, 0.3) is 10.2 Å². The molecule has 0 N–H and O–H groups in total. The standard InChI is InChI=1S/C17H24N4O2S/c1-5-12-10-13-14(24-12)15(19-11-18-13)20-6-8-21(9-7-20)16(22)23-17(2,3)4/h10-11H,5-9H2,1-4H3. The minimum absolute atomic E-state index is 0.237. The number of rotatable bonds is 2. The predicted molar refractivity (Wildman–Crippen MR) is 96.8 cm³/mol. The summed E-state index contributed by atoms with van der Waals surface area (Å²) in [7, 11) is 0. The highest BCUT2D eigenvalue weighted by molar-refractivity contribution is 7.19. The van der Waals surface area contributed by atoms with Crippen LogP contribution in [0.15, 0.2) is 12.4 Å². The van der Waals surface area contributed by atoms with E-state index in [1.807, 2.05) is 20.8 Å². The number of aromatic nitrogens is 2. The lowest BCUT2D eigenvalue weighted by molar-refractivity contribution is 0.0240. The molecule has 6 nitrogen and oxygen atoms in total. The lowest BCUT2D eigenvalue weighted by atomic mass is 10.2. The summed E-state index contributed by atoms with van der Waals surface area (Å²) in [5.41, 5.74) is 0.553. The molecule has 1 aliphatic rings. The molecule has 0 aromatic carbocycles. The van der Waals surface area contributed by atoms with Gasteiger partial charge in [0.1, 0.15) is 17.7 Å². The summed E-state index contributed by atoms with van der Waals surface area (Å²) in [5, 5.41) is 0. The second-order valence-corrected chi connectivity index (χ2v) is 8.07. The van der Waals surface area contributed by atoms with E-state index in [4.69, 9.17) is 4.74 Å². The maximum Gasteiger partial charge on any atom is 0.410 e. The largest absolute Gasteiger partial charge is 0.444 e. The monoisotopic (exact) mass is 348 g/mol. The Morgan fingerprint density at radius 2 is 1.96 bits per heavy atom. The Morgan fingerprint density at radius 1 is 1.25 bits per heavy atom. The van der Waals surface area contributed by atoms with E-state index in [2.05, 4.69) is 27.9 Å². The van der Waals surface area contributed by atoms with Crippen LogP contribution in [0.5, 0.6) is 0 Å². The highest BCUT2D eigenvalue weighted by atomic mass is 32.1. The number of aryl methyl sites for hydroxylation is 1. The smallest absolute Gasteiger partial charge is 0.410 e. The zero-order valence-electron chi connectivity index (χ0n) is 14.7. The third-order valence-electron chi connectivity index (χ3n) is 3.92. The zero-order chi connectivity index (χ0) is 17.3. The van der Waals surface area contributed by atoms with Gasteiger partial charge < -0.3 is 14.5 Å². The topological polar surface area (TPSA) is 58.6 Å². The molecule has 0 atom stereocenters. The fourth-order valence-corrected chi connectivity index (χ4v) is 3.78. The molecule has 1 aliphatic heterocycles. The normalized spacial score (nSPS) is 15.8. The van der Waals surface area contributed by atoms with Crippen LogP contribution >= 0.6 is 11.3 Å². The van der Waals surface area contributed by atoms with E-state index in [1.165, 1.54) is 4.88 Å². The lowest BCUT2D eigenvalue weighted by Gasteiger charge is -2.36. The van der Waals surface area contributed by atoms with Gasteiger partial charge in [-0.05, 0) is 33.3 Å². The van der Waals surface area contributed by atoms with Crippen LogP contribution in [0.3, 0.4) is 0 Å². The van der Waals surface area contributed by atoms with Gasteiger partial charge in [0, 0.05) is 31.1 Å². The number of anilines is 1. The molecule has 130 valence electrons. The molecule has 0 saturated carbocycles. The molecule has 0 spiro atoms. The summed E-state index contributed by atoms with van der Waals surface area (Å²) < 4.78 is 6.59. The maximum atomic E-state index is 12.2. The number of carbonyl (C=O) groups is 1. The molecule has 0 bridgehead atoms. The molecular weight excluding hydrogens is 324 g/mol. The van der Waals surface area contributed by atoms with Crippen molar-refractivity contribution in [3.63, 3.8) is 0 Å². The Morgan fingerprint density at radius 3 is 2.58 bits per heavy atom. The van der Waals surface area contributed by atoms with Crippen molar-refractivity contribution in [2.45, 2.75) is 39.7 Å². The lowest BCUT2D eigenvalue weighted by Crippen LogP contribution is -2.50. The zero-order valence-corrected chi connectivity index (χ0v) is 15.5. The third kappa shape index (κ3) is 3.61. The number of carbonyl (C=O) groups excluding carboxylic acids is 1. The Kier molecular flexibility index (Phi) is 4.62. The van der Waals surface area contributed by atoms with Gasteiger partial charge in [-0.15, -0.1) is 11.3 Å². The fraction of sp³-hybridized carbons (Fsp3) is 0.588. The number of fused-ring (bicyclic) bond motifs is 1. The summed E-state index contributed by atoms with van der Waals surface area (Å²) in [4.78, 5) is 26.4. The molecule has 0 unspecified atom stereocenters. The number of ether oxygens (including phenoxy) is 1. The molecule has 2 aromatic heterocycles. The molecule has 24 heavy (non-hydrogen) atoms. The van der Waals surface area contributed by atoms with Crippen molar-refractivity contribution in [2.75, 3.05) is 31.1 Å². The van der Waals surface area contributed by atoms with Gasteiger partial charge in [-0.2, -0.15) is 0 Å². The van der Waals surface area contributed by atoms with Gasteiger partial charge in [0.15, 0.2) is 0 Å². The molecule has 1 saturated heterocycles. The number of hydrogen-bond donors (Lipinski definition) is 0. The van der Waals surface area contributed by atoms with Crippen LogP contribution in [0, 0.1) is 0 Å². The average molecular weight is 348 g/mol. The van der Waals surface area contributed by atoms with Gasteiger partial charge in [-0.25, -0.2) is 14.8 Å². The van der Waals surface area contributed by atoms with Crippen LogP contribution < -0.4 is 4.90 Å². The number of piperazine rings is 1. The first-order valence-corrected chi connectivity index (χ1v) is 9.15. The van der Waals surface area contributed by atoms with Crippen molar-refractivity contribution in [1.29, 1.82) is 0 Å².